The quantitative estimate of drug-likeness (QED) is 0.784. The van der Waals surface area contributed by atoms with Gasteiger partial charge >= 0.3 is 0 Å². The Balaban J connectivity index is 1.69. The fraction of sp³-hybridized carbons (Fsp3) is 0.467. The molecule has 7 nitrogen and oxygen atoms in total. The van der Waals surface area contributed by atoms with Crippen molar-refractivity contribution >= 4 is 39.7 Å². The summed E-state index contributed by atoms with van der Waals surface area (Å²) in [7, 11) is 0. The van der Waals surface area contributed by atoms with Crippen molar-refractivity contribution in [2.75, 3.05) is 16.0 Å². The van der Waals surface area contributed by atoms with Crippen LogP contribution < -0.4 is 16.0 Å². The third-order valence-corrected chi connectivity index (χ3v) is 5.16. The van der Waals surface area contributed by atoms with Gasteiger partial charge in [0.05, 0.1) is 5.69 Å². The Hall–Kier alpha value is -2.22. The summed E-state index contributed by atoms with van der Waals surface area (Å²) in [6.07, 6.45) is 4.58. The van der Waals surface area contributed by atoms with Gasteiger partial charge in [-0.3, -0.25) is 4.79 Å². The molecule has 1 unspecified atom stereocenters. The number of hydrogen-bond acceptors (Lipinski definition) is 7. The monoisotopic (exact) mass is 330 g/mol. The molecule has 120 valence electrons. The molecular formula is C15H18N6OS. The topological polar surface area (TPSA) is 91.8 Å². The molecular weight excluding hydrogens is 312 g/mol. The predicted octanol–water partition coefficient (Wildman–Crippen LogP) is 2.62. The molecule has 0 fully saturated rings. The Kier molecular flexibility index (Phi) is 3.41. The second-order valence-corrected chi connectivity index (χ2v) is 7.00. The van der Waals surface area contributed by atoms with Gasteiger partial charge in [0.1, 0.15) is 17.6 Å². The van der Waals surface area contributed by atoms with Crippen molar-refractivity contribution < 1.29 is 4.79 Å². The minimum Gasteiger partial charge on any atom is -0.357 e. The van der Waals surface area contributed by atoms with E-state index in [4.69, 9.17) is 0 Å². The van der Waals surface area contributed by atoms with Crippen LogP contribution in [0.15, 0.2) is 0 Å². The van der Waals surface area contributed by atoms with E-state index in [1.54, 1.807) is 18.3 Å². The van der Waals surface area contributed by atoms with Crippen molar-refractivity contribution in [3.63, 3.8) is 0 Å². The average Bonchev–Trinajstić information content (AvgIpc) is 2.91. The van der Waals surface area contributed by atoms with Gasteiger partial charge in [-0.25, -0.2) is 15.0 Å². The molecule has 1 atom stereocenters. The van der Waals surface area contributed by atoms with Crippen LogP contribution in [0.25, 0.3) is 0 Å². The van der Waals surface area contributed by atoms with Crippen LogP contribution in [0.1, 0.15) is 36.2 Å². The zero-order chi connectivity index (χ0) is 16.0. The first kappa shape index (κ1) is 14.4. The Morgan fingerprint density at radius 3 is 2.87 bits per heavy atom. The summed E-state index contributed by atoms with van der Waals surface area (Å²) >= 11 is 1.67. The van der Waals surface area contributed by atoms with Crippen molar-refractivity contribution in [2.24, 2.45) is 0 Å². The zero-order valence-electron chi connectivity index (χ0n) is 13.1. The second-order valence-electron chi connectivity index (χ2n) is 5.92. The highest BCUT2D eigenvalue weighted by Gasteiger charge is 2.26. The lowest BCUT2D eigenvalue weighted by molar-refractivity contribution is -0.116. The number of carbonyl (C=O) groups is 1. The van der Waals surface area contributed by atoms with Crippen LogP contribution >= 0.6 is 11.3 Å². The van der Waals surface area contributed by atoms with Gasteiger partial charge in [0, 0.05) is 4.88 Å². The number of rotatable bonds is 2. The van der Waals surface area contributed by atoms with E-state index >= 15 is 0 Å². The fourth-order valence-electron chi connectivity index (χ4n) is 2.89. The van der Waals surface area contributed by atoms with E-state index in [0.29, 0.717) is 23.1 Å². The van der Waals surface area contributed by atoms with Gasteiger partial charge in [0.25, 0.3) is 0 Å². The Bertz CT molecular complexity index is 763. The molecule has 0 spiro atoms. The summed E-state index contributed by atoms with van der Waals surface area (Å²) in [5.74, 6) is 1.79. The lowest BCUT2D eigenvalue weighted by Crippen LogP contribution is -2.37. The summed E-state index contributed by atoms with van der Waals surface area (Å²) in [4.78, 5) is 26.8. The Morgan fingerprint density at radius 2 is 2.04 bits per heavy atom. The van der Waals surface area contributed by atoms with Crippen molar-refractivity contribution in [2.45, 2.75) is 45.6 Å². The molecule has 0 saturated carbocycles. The van der Waals surface area contributed by atoms with Crippen LogP contribution in [0, 0.1) is 6.92 Å². The molecule has 2 aromatic rings. The number of aryl methyl sites for hydroxylation is 3. The van der Waals surface area contributed by atoms with Crippen molar-refractivity contribution in [3.8, 4) is 0 Å². The number of hydrogen-bond donors (Lipinski definition) is 3. The number of amides is 1. The molecule has 3 N–H and O–H groups in total. The first-order chi connectivity index (χ1) is 11.1. The smallest absolute Gasteiger partial charge is 0.246 e. The van der Waals surface area contributed by atoms with E-state index in [1.165, 1.54) is 23.4 Å². The SMILES string of the molecule is Cc1nc(Nc2nc3c(s2)CCCC3)c2c(n1)NC(C)C(=O)N2. The number of thiazole rings is 1. The summed E-state index contributed by atoms with van der Waals surface area (Å²) in [6, 6.07) is -0.308. The maximum absolute atomic E-state index is 11.9. The molecule has 0 aromatic carbocycles. The van der Waals surface area contributed by atoms with E-state index in [2.05, 4.69) is 30.9 Å². The molecule has 0 bridgehead atoms. The number of carbonyl (C=O) groups excluding carboxylic acids is 1. The van der Waals surface area contributed by atoms with E-state index in [9.17, 15) is 4.79 Å². The van der Waals surface area contributed by atoms with Gasteiger partial charge in [-0.1, -0.05) is 0 Å². The summed E-state index contributed by atoms with van der Waals surface area (Å²) in [5, 5.41) is 10.1. The molecule has 0 radical (unpaired) electrons. The van der Waals surface area contributed by atoms with Crippen molar-refractivity contribution in [1.82, 2.24) is 15.0 Å². The van der Waals surface area contributed by atoms with Crippen molar-refractivity contribution in [3.05, 3.63) is 16.4 Å². The second kappa shape index (κ2) is 5.45. The zero-order valence-corrected chi connectivity index (χ0v) is 13.9. The summed E-state index contributed by atoms with van der Waals surface area (Å²) in [5.41, 5.74) is 1.78. The highest BCUT2D eigenvalue weighted by molar-refractivity contribution is 7.15. The van der Waals surface area contributed by atoms with Crippen LogP contribution in [-0.4, -0.2) is 26.9 Å². The highest BCUT2D eigenvalue weighted by Crippen LogP contribution is 2.36. The van der Waals surface area contributed by atoms with Crippen LogP contribution in [0.4, 0.5) is 22.5 Å². The molecule has 8 heteroatoms. The maximum Gasteiger partial charge on any atom is 0.246 e. The third kappa shape index (κ3) is 2.63. The van der Waals surface area contributed by atoms with Crippen LogP contribution in [0.2, 0.25) is 0 Å². The van der Waals surface area contributed by atoms with E-state index < -0.39 is 0 Å². The maximum atomic E-state index is 11.9. The molecule has 1 amide bonds. The highest BCUT2D eigenvalue weighted by atomic mass is 32.1. The van der Waals surface area contributed by atoms with Gasteiger partial charge in [0.2, 0.25) is 5.91 Å². The molecule has 1 aliphatic heterocycles. The van der Waals surface area contributed by atoms with Gasteiger partial charge in [0.15, 0.2) is 16.8 Å². The predicted molar refractivity (Wildman–Crippen MR) is 90.5 cm³/mol. The summed E-state index contributed by atoms with van der Waals surface area (Å²) in [6.45, 7) is 3.64. The molecule has 0 saturated heterocycles. The molecule has 23 heavy (non-hydrogen) atoms. The van der Waals surface area contributed by atoms with Crippen LogP contribution in [-0.2, 0) is 17.6 Å². The molecule has 3 heterocycles. The lowest BCUT2D eigenvalue weighted by atomic mass is 10.0. The van der Waals surface area contributed by atoms with Gasteiger partial charge < -0.3 is 16.0 Å². The van der Waals surface area contributed by atoms with E-state index in [1.807, 2.05) is 6.92 Å². The number of aromatic nitrogens is 3. The molecule has 2 aromatic heterocycles. The minimum atomic E-state index is -0.308. The fourth-order valence-corrected chi connectivity index (χ4v) is 3.94. The molecule has 4 rings (SSSR count). The first-order valence-electron chi connectivity index (χ1n) is 7.82. The average molecular weight is 330 g/mol. The Morgan fingerprint density at radius 1 is 1.22 bits per heavy atom. The van der Waals surface area contributed by atoms with Gasteiger partial charge in [-0.15, -0.1) is 11.3 Å². The molecule has 2 aliphatic rings. The molecule has 1 aliphatic carbocycles. The minimum absolute atomic E-state index is 0.0913. The normalized spacial score (nSPS) is 19.4. The van der Waals surface area contributed by atoms with Crippen LogP contribution in [0.5, 0.6) is 0 Å². The van der Waals surface area contributed by atoms with Gasteiger partial charge in [-0.05, 0) is 39.5 Å². The number of fused-ring (bicyclic) bond motifs is 2. The van der Waals surface area contributed by atoms with E-state index in [-0.39, 0.29) is 11.9 Å². The van der Waals surface area contributed by atoms with Crippen molar-refractivity contribution in [1.29, 1.82) is 0 Å². The Labute approximate surface area is 138 Å². The van der Waals surface area contributed by atoms with Crippen LogP contribution in [0.3, 0.4) is 0 Å². The largest absolute Gasteiger partial charge is 0.357 e. The third-order valence-electron chi connectivity index (χ3n) is 4.09. The van der Waals surface area contributed by atoms with Gasteiger partial charge in [-0.2, -0.15) is 0 Å². The standard InChI is InChI=1S/C15H18N6OS/c1-7-14(22)20-11-12(16-7)17-8(2)18-13(11)21-15-19-9-5-3-4-6-10(9)23-15/h7H,3-6H2,1-2H3,(H,20,22)(H2,16,17,18,19,21). The summed E-state index contributed by atoms with van der Waals surface area (Å²) < 4.78 is 0. The lowest BCUT2D eigenvalue weighted by Gasteiger charge is -2.24. The number of anilines is 4. The van der Waals surface area contributed by atoms with E-state index in [0.717, 1.165) is 18.0 Å². The number of nitrogens with one attached hydrogen (secondary N) is 3. The number of nitrogens with zero attached hydrogens (tertiary/aromatic N) is 3. The first-order valence-corrected chi connectivity index (χ1v) is 8.63.